The summed E-state index contributed by atoms with van der Waals surface area (Å²) < 4.78 is 7.90. The number of hydrogen-bond donors (Lipinski definition) is 1. The molecule has 2 aliphatic rings. The van der Waals surface area contributed by atoms with Crippen molar-refractivity contribution in [1.82, 2.24) is 14.5 Å². The first-order valence-electron chi connectivity index (χ1n) is 10.8. The molecule has 0 spiro atoms. The summed E-state index contributed by atoms with van der Waals surface area (Å²) in [6.45, 7) is 7.20. The second-order valence-electron chi connectivity index (χ2n) is 8.49. The molecule has 2 aromatic rings. The molecule has 0 bridgehead atoms. The number of nitrogens with zero attached hydrogens (tertiary/aromatic N) is 2. The van der Waals surface area contributed by atoms with Crippen molar-refractivity contribution in [3.8, 4) is 0 Å². The fraction of sp³-hybridized carbons (Fsp3) is 0.682. The summed E-state index contributed by atoms with van der Waals surface area (Å²) in [4.78, 5) is 18.2. The molecule has 2 fully saturated rings. The van der Waals surface area contributed by atoms with Crippen molar-refractivity contribution in [2.75, 3.05) is 19.7 Å². The van der Waals surface area contributed by atoms with E-state index in [1.807, 2.05) is 23.6 Å². The van der Waals surface area contributed by atoms with Gasteiger partial charge < -0.3 is 14.6 Å². The third kappa shape index (κ3) is 4.84. The molecule has 0 atom stereocenters. The molecule has 1 saturated heterocycles. The number of aromatic nitrogens is 2. The molecule has 1 aromatic carbocycles. The highest BCUT2D eigenvalue weighted by molar-refractivity contribution is 6.32. The number of ether oxygens (including phenoxy) is 1. The third-order valence-corrected chi connectivity index (χ3v) is 6.99. The van der Waals surface area contributed by atoms with Gasteiger partial charge in [0.2, 0.25) is 0 Å². The van der Waals surface area contributed by atoms with Crippen molar-refractivity contribution in [3.05, 3.63) is 33.2 Å². The van der Waals surface area contributed by atoms with Crippen LogP contribution in [0.4, 0.5) is 0 Å². The summed E-state index contributed by atoms with van der Waals surface area (Å²) in [7, 11) is 0. The molecule has 0 unspecified atom stereocenters. The summed E-state index contributed by atoms with van der Waals surface area (Å²) in [5, 5.41) is 0.703. The average molecular weight is 442 g/mol. The maximum absolute atomic E-state index is 12.6. The highest BCUT2D eigenvalue weighted by atomic mass is 35.5. The Morgan fingerprint density at radius 1 is 1.10 bits per heavy atom. The SMILES string of the molecule is CCCOC1CCC(N2CCC(n3c(=O)[nH]c4cc(Cl)c(C)cc43)CC2)CC1.Cl. The minimum absolute atomic E-state index is 0. The first-order chi connectivity index (χ1) is 13.6. The zero-order valence-corrected chi connectivity index (χ0v) is 19.0. The van der Waals surface area contributed by atoms with Crippen molar-refractivity contribution >= 4 is 35.0 Å². The van der Waals surface area contributed by atoms with E-state index in [1.165, 1.54) is 25.7 Å². The zero-order chi connectivity index (χ0) is 19.7. The van der Waals surface area contributed by atoms with E-state index in [2.05, 4.69) is 16.8 Å². The third-order valence-electron chi connectivity index (χ3n) is 6.58. The van der Waals surface area contributed by atoms with E-state index in [0.717, 1.165) is 55.6 Å². The van der Waals surface area contributed by atoms with Gasteiger partial charge in [0.05, 0.1) is 17.1 Å². The second-order valence-corrected chi connectivity index (χ2v) is 8.89. The quantitative estimate of drug-likeness (QED) is 0.702. The molecule has 1 aliphatic heterocycles. The highest BCUT2D eigenvalue weighted by Gasteiger charge is 2.30. The number of fused-ring (bicyclic) bond motifs is 1. The van der Waals surface area contributed by atoms with Gasteiger partial charge >= 0.3 is 5.69 Å². The van der Waals surface area contributed by atoms with Crippen LogP contribution in [0, 0.1) is 6.92 Å². The lowest BCUT2D eigenvalue weighted by molar-refractivity contribution is 0.00254. The molecule has 4 rings (SSSR count). The van der Waals surface area contributed by atoms with Crippen LogP contribution in [0.5, 0.6) is 0 Å². The van der Waals surface area contributed by atoms with Crippen molar-refractivity contribution in [2.45, 2.75) is 77.0 Å². The molecule has 1 N–H and O–H groups in total. The summed E-state index contributed by atoms with van der Waals surface area (Å²) in [6.07, 6.45) is 8.48. The molecule has 5 nitrogen and oxygen atoms in total. The Bertz CT molecular complexity index is 863. The van der Waals surface area contributed by atoms with Gasteiger partial charge in [0.15, 0.2) is 0 Å². The fourth-order valence-corrected chi connectivity index (χ4v) is 5.15. The smallest absolute Gasteiger partial charge is 0.326 e. The minimum atomic E-state index is -0.0105. The summed E-state index contributed by atoms with van der Waals surface area (Å²) >= 11 is 6.23. The minimum Gasteiger partial charge on any atom is -0.378 e. The van der Waals surface area contributed by atoms with Crippen LogP contribution in [0.3, 0.4) is 0 Å². The summed E-state index contributed by atoms with van der Waals surface area (Å²) in [6, 6.07) is 4.86. The number of piperidine rings is 1. The molecular formula is C22H33Cl2N3O2. The van der Waals surface area contributed by atoms with E-state index < -0.39 is 0 Å². The van der Waals surface area contributed by atoms with Crippen LogP contribution in [0.15, 0.2) is 16.9 Å². The lowest BCUT2D eigenvalue weighted by atomic mass is 9.90. The predicted octanol–water partition coefficient (Wildman–Crippen LogP) is 5.09. The summed E-state index contributed by atoms with van der Waals surface area (Å²) in [5.74, 6) is 0. The van der Waals surface area contributed by atoms with Gasteiger partial charge in [0, 0.05) is 36.8 Å². The van der Waals surface area contributed by atoms with Crippen LogP contribution >= 0.6 is 24.0 Å². The second kappa shape index (κ2) is 9.86. The van der Waals surface area contributed by atoms with E-state index in [9.17, 15) is 4.79 Å². The van der Waals surface area contributed by atoms with Crippen LogP contribution in [0.25, 0.3) is 11.0 Å². The Hall–Kier alpha value is -1.01. The highest BCUT2D eigenvalue weighted by Crippen LogP contribution is 2.31. The Labute approximate surface area is 184 Å². The van der Waals surface area contributed by atoms with Gasteiger partial charge in [-0.25, -0.2) is 4.79 Å². The van der Waals surface area contributed by atoms with Gasteiger partial charge in [-0.05, 0) is 69.6 Å². The van der Waals surface area contributed by atoms with E-state index in [0.29, 0.717) is 17.2 Å². The lowest BCUT2D eigenvalue weighted by Gasteiger charge is -2.41. The van der Waals surface area contributed by atoms with Crippen LogP contribution in [0.1, 0.15) is 63.5 Å². The molecule has 7 heteroatoms. The molecular weight excluding hydrogens is 409 g/mol. The number of likely N-dealkylation sites (tertiary alicyclic amines) is 1. The monoisotopic (exact) mass is 441 g/mol. The van der Waals surface area contributed by atoms with Crippen molar-refractivity contribution in [1.29, 1.82) is 0 Å². The largest absolute Gasteiger partial charge is 0.378 e. The number of halogens is 2. The van der Waals surface area contributed by atoms with E-state index in [1.54, 1.807) is 0 Å². The van der Waals surface area contributed by atoms with Gasteiger partial charge in [-0.1, -0.05) is 18.5 Å². The molecule has 2 heterocycles. The first kappa shape index (κ1) is 22.7. The average Bonchev–Trinajstić information content (AvgIpc) is 3.02. The number of rotatable bonds is 5. The van der Waals surface area contributed by atoms with Gasteiger partial charge in [0.1, 0.15) is 0 Å². The standard InChI is InChI=1S/C22H32ClN3O2.ClH/c1-3-12-28-18-6-4-16(5-7-18)25-10-8-17(9-11-25)26-21-13-15(2)19(23)14-20(21)24-22(26)27;/h13-14,16-18H,3-12H2,1-2H3,(H,24,27);1H. The molecule has 162 valence electrons. The van der Waals surface area contributed by atoms with E-state index in [4.69, 9.17) is 16.3 Å². The van der Waals surface area contributed by atoms with Crippen LogP contribution in [-0.2, 0) is 4.74 Å². The first-order valence-corrected chi connectivity index (χ1v) is 11.2. The molecule has 0 radical (unpaired) electrons. The Kier molecular flexibility index (Phi) is 7.71. The van der Waals surface area contributed by atoms with Crippen LogP contribution in [0.2, 0.25) is 5.02 Å². The number of hydrogen-bond acceptors (Lipinski definition) is 3. The van der Waals surface area contributed by atoms with Gasteiger partial charge in [-0.3, -0.25) is 4.57 Å². The zero-order valence-electron chi connectivity index (χ0n) is 17.5. The van der Waals surface area contributed by atoms with Gasteiger partial charge in [-0.2, -0.15) is 0 Å². The molecule has 1 aromatic heterocycles. The van der Waals surface area contributed by atoms with Crippen LogP contribution < -0.4 is 5.69 Å². The number of imidazole rings is 1. The topological polar surface area (TPSA) is 50.3 Å². The number of aromatic amines is 1. The summed E-state index contributed by atoms with van der Waals surface area (Å²) in [5.41, 5.74) is 2.83. The van der Waals surface area contributed by atoms with Crippen molar-refractivity contribution in [2.24, 2.45) is 0 Å². The fourth-order valence-electron chi connectivity index (χ4n) is 4.98. The van der Waals surface area contributed by atoms with Crippen molar-refractivity contribution in [3.63, 3.8) is 0 Å². The number of benzene rings is 1. The molecule has 0 amide bonds. The maximum atomic E-state index is 12.6. The van der Waals surface area contributed by atoms with E-state index in [-0.39, 0.29) is 24.1 Å². The maximum Gasteiger partial charge on any atom is 0.326 e. The molecule has 29 heavy (non-hydrogen) atoms. The normalized spacial score (nSPS) is 24.0. The Balaban J connectivity index is 0.00000240. The Morgan fingerprint density at radius 3 is 2.45 bits per heavy atom. The predicted molar refractivity (Wildman–Crippen MR) is 122 cm³/mol. The lowest BCUT2D eigenvalue weighted by Crippen LogP contribution is -2.45. The van der Waals surface area contributed by atoms with E-state index >= 15 is 0 Å². The van der Waals surface area contributed by atoms with Crippen molar-refractivity contribution < 1.29 is 4.74 Å². The van der Waals surface area contributed by atoms with Gasteiger partial charge in [-0.15, -0.1) is 12.4 Å². The van der Waals surface area contributed by atoms with Crippen LogP contribution in [-0.4, -0.2) is 46.3 Å². The molecule has 1 aliphatic carbocycles. The number of aryl methyl sites for hydroxylation is 1. The number of H-pyrrole nitrogens is 1. The molecule has 1 saturated carbocycles. The Morgan fingerprint density at radius 2 is 1.79 bits per heavy atom. The van der Waals surface area contributed by atoms with Gasteiger partial charge in [0.25, 0.3) is 0 Å². The number of nitrogens with one attached hydrogen (secondary N) is 1.